The molecule has 0 aliphatic heterocycles. The average Bonchev–Trinajstić information content (AvgIpc) is 3.46. The van der Waals surface area contributed by atoms with Crippen LogP contribution in [0.2, 0.25) is 0 Å². The number of fused-ring (bicyclic) bond motifs is 1. The molecule has 9 nitrogen and oxygen atoms in total. The summed E-state index contributed by atoms with van der Waals surface area (Å²) in [6.45, 7) is 3.79. The molecule has 1 atom stereocenters. The molecule has 3 rings (SSSR count). The first-order chi connectivity index (χ1) is 22.8. The third-order valence-corrected chi connectivity index (χ3v) is 9.38. The Kier molecular flexibility index (Phi) is 17.6. The van der Waals surface area contributed by atoms with E-state index in [1.807, 2.05) is 35.2 Å². The highest BCUT2D eigenvalue weighted by molar-refractivity contribution is 5.78. The summed E-state index contributed by atoms with van der Waals surface area (Å²) < 4.78 is 4.45. The number of unbranched alkanes of at least 4 members (excludes halogenated alkanes) is 15. The molecular weight excluding hydrogens is 590 g/mol. The van der Waals surface area contributed by atoms with Crippen molar-refractivity contribution in [1.29, 1.82) is 0 Å². The Labute approximate surface area is 282 Å². The summed E-state index contributed by atoms with van der Waals surface area (Å²) in [7, 11) is 3.43. The Morgan fingerprint density at radius 2 is 1.38 bits per heavy atom. The Morgan fingerprint density at radius 1 is 0.809 bits per heavy atom. The minimum absolute atomic E-state index is 0.103. The van der Waals surface area contributed by atoms with E-state index in [2.05, 4.69) is 11.9 Å². The Hall–Kier alpha value is -3.20. The second-order valence-electron chi connectivity index (χ2n) is 13.4. The number of nitrogens with zero attached hydrogens (tertiary/aromatic N) is 5. The first-order valence-electron chi connectivity index (χ1n) is 18.4. The first-order valence-corrected chi connectivity index (χ1v) is 18.4. The maximum absolute atomic E-state index is 13.2. The molecule has 0 saturated heterocycles. The molecule has 3 aromatic rings. The molecule has 2 heterocycles. The number of aryl methyl sites for hydroxylation is 2. The molecule has 0 aliphatic carbocycles. The van der Waals surface area contributed by atoms with Crippen LogP contribution < -0.4 is 11.2 Å². The van der Waals surface area contributed by atoms with Gasteiger partial charge >= 0.3 is 5.69 Å². The highest BCUT2D eigenvalue weighted by Crippen LogP contribution is 2.14. The van der Waals surface area contributed by atoms with Gasteiger partial charge in [-0.3, -0.25) is 18.7 Å². The summed E-state index contributed by atoms with van der Waals surface area (Å²) >= 11 is 0. The highest BCUT2D eigenvalue weighted by Gasteiger charge is 2.18. The van der Waals surface area contributed by atoms with E-state index in [4.69, 9.17) is 0 Å². The number of carbonyl (C=O) groups is 1. The number of aliphatic hydroxyl groups excluding tert-OH is 1. The van der Waals surface area contributed by atoms with Crippen LogP contribution in [0.3, 0.4) is 0 Å². The van der Waals surface area contributed by atoms with Gasteiger partial charge in [-0.05, 0) is 24.8 Å². The van der Waals surface area contributed by atoms with Gasteiger partial charge in [-0.25, -0.2) is 9.78 Å². The molecule has 0 bridgehead atoms. The van der Waals surface area contributed by atoms with Crippen molar-refractivity contribution >= 4 is 17.1 Å². The van der Waals surface area contributed by atoms with Crippen molar-refractivity contribution in [3.63, 3.8) is 0 Å². The number of benzene rings is 1. The van der Waals surface area contributed by atoms with Crippen LogP contribution in [0, 0.1) is 0 Å². The lowest BCUT2D eigenvalue weighted by Crippen LogP contribution is -2.39. The van der Waals surface area contributed by atoms with E-state index in [0.717, 1.165) is 63.4 Å². The van der Waals surface area contributed by atoms with Crippen molar-refractivity contribution in [2.45, 2.75) is 142 Å². The quantitative estimate of drug-likeness (QED) is 0.100. The zero-order valence-electron chi connectivity index (χ0n) is 29.5. The van der Waals surface area contributed by atoms with Crippen LogP contribution >= 0.6 is 0 Å². The van der Waals surface area contributed by atoms with Crippen molar-refractivity contribution in [3.8, 4) is 0 Å². The summed E-state index contributed by atoms with van der Waals surface area (Å²) in [6, 6.07) is 9.90. The standard InChI is InChI=1S/C38H61N5O4/c1-4-5-6-7-8-9-10-13-16-22-27-42(34(45)29-32-24-19-18-20-25-32)30-33(44)26-21-15-12-11-14-17-23-28-43-37(46)35-36(39-31-40(35)2)41(3)38(43)47/h18-20,24-25,31,33,44H,4-17,21-23,26-30H2,1-3H3. The maximum Gasteiger partial charge on any atom is 0.332 e. The number of hydrogen-bond donors (Lipinski definition) is 1. The summed E-state index contributed by atoms with van der Waals surface area (Å²) in [4.78, 5) is 44.8. The molecule has 0 radical (unpaired) electrons. The van der Waals surface area contributed by atoms with E-state index in [1.165, 1.54) is 60.5 Å². The minimum atomic E-state index is -0.504. The number of amides is 1. The fourth-order valence-electron chi connectivity index (χ4n) is 6.46. The first kappa shape index (κ1) is 38.2. The largest absolute Gasteiger partial charge is 0.391 e. The molecule has 9 heteroatoms. The monoisotopic (exact) mass is 651 g/mol. The summed E-state index contributed by atoms with van der Waals surface area (Å²) in [6.07, 6.45) is 21.7. The molecule has 262 valence electrons. The van der Waals surface area contributed by atoms with Crippen molar-refractivity contribution < 1.29 is 9.90 Å². The van der Waals surface area contributed by atoms with Gasteiger partial charge in [-0.15, -0.1) is 0 Å². The lowest BCUT2D eigenvalue weighted by Gasteiger charge is -2.26. The van der Waals surface area contributed by atoms with Gasteiger partial charge in [-0.1, -0.05) is 134 Å². The number of imidazole rings is 1. The van der Waals surface area contributed by atoms with Crippen LogP contribution in [0.5, 0.6) is 0 Å². The molecule has 47 heavy (non-hydrogen) atoms. The van der Waals surface area contributed by atoms with Crippen LogP contribution in [0.4, 0.5) is 0 Å². The summed E-state index contributed by atoms with van der Waals surface area (Å²) in [5.74, 6) is 0.103. The third kappa shape index (κ3) is 13.1. The number of carbonyl (C=O) groups excluding carboxylic acids is 1. The van der Waals surface area contributed by atoms with Crippen molar-refractivity contribution in [3.05, 3.63) is 63.1 Å². The van der Waals surface area contributed by atoms with Gasteiger partial charge < -0.3 is 14.6 Å². The normalized spacial score (nSPS) is 12.2. The van der Waals surface area contributed by atoms with E-state index in [1.54, 1.807) is 25.0 Å². The Balaban J connectivity index is 1.31. The van der Waals surface area contributed by atoms with Gasteiger partial charge in [0.2, 0.25) is 5.91 Å². The second kappa shape index (κ2) is 21.6. The van der Waals surface area contributed by atoms with Crippen LogP contribution in [0.25, 0.3) is 11.2 Å². The molecule has 0 fully saturated rings. The van der Waals surface area contributed by atoms with Crippen LogP contribution in [-0.2, 0) is 31.9 Å². The SMILES string of the molecule is CCCCCCCCCCCCN(CC(O)CCCCCCCCCn1c(=O)c2c(ncn2C)n(C)c1=O)C(=O)Cc1ccccc1. The highest BCUT2D eigenvalue weighted by atomic mass is 16.3. The third-order valence-electron chi connectivity index (χ3n) is 9.38. The molecule has 1 aromatic carbocycles. The van der Waals surface area contributed by atoms with E-state index < -0.39 is 6.10 Å². The average molecular weight is 652 g/mol. The number of rotatable bonds is 25. The molecule has 0 aliphatic rings. The van der Waals surface area contributed by atoms with Gasteiger partial charge in [0.05, 0.1) is 18.9 Å². The topological polar surface area (TPSA) is 102 Å². The van der Waals surface area contributed by atoms with E-state index in [9.17, 15) is 19.5 Å². The zero-order chi connectivity index (χ0) is 33.9. The molecular formula is C38H61N5O4. The van der Waals surface area contributed by atoms with Gasteiger partial charge in [-0.2, -0.15) is 0 Å². The molecule has 1 N–H and O–H groups in total. The smallest absolute Gasteiger partial charge is 0.332 e. The lowest BCUT2D eigenvalue weighted by molar-refractivity contribution is -0.132. The van der Waals surface area contributed by atoms with Crippen molar-refractivity contribution in [1.82, 2.24) is 23.6 Å². The fraction of sp³-hybridized carbons (Fsp3) is 0.684. The fourth-order valence-corrected chi connectivity index (χ4v) is 6.46. The van der Waals surface area contributed by atoms with E-state index in [-0.39, 0.29) is 17.2 Å². The number of aliphatic hydroxyl groups is 1. The Bertz CT molecular complexity index is 1430. The minimum Gasteiger partial charge on any atom is -0.391 e. The maximum atomic E-state index is 13.2. The van der Waals surface area contributed by atoms with Gasteiger partial charge in [0.15, 0.2) is 11.2 Å². The lowest BCUT2D eigenvalue weighted by atomic mass is 10.0. The van der Waals surface area contributed by atoms with Crippen LogP contribution in [0.15, 0.2) is 46.2 Å². The molecule has 1 unspecified atom stereocenters. The molecule has 2 aromatic heterocycles. The number of hydrogen-bond acceptors (Lipinski definition) is 5. The van der Waals surface area contributed by atoms with Gasteiger partial charge in [0.1, 0.15) is 0 Å². The summed E-state index contributed by atoms with van der Waals surface area (Å²) in [5.41, 5.74) is 1.30. The summed E-state index contributed by atoms with van der Waals surface area (Å²) in [5, 5.41) is 10.9. The number of aromatic nitrogens is 4. The zero-order valence-corrected chi connectivity index (χ0v) is 29.5. The molecule has 1 amide bonds. The van der Waals surface area contributed by atoms with E-state index in [0.29, 0.717) is 43.6 Å². The van der Waals surface area contributed by atoms with Gasteiger partial charge in [0, 0.05) is 33.7 Å². The second-order valence-corrected chi connectivity index (χ2v) is 13.4. The predicted molar refractivity (Wildman–Crippen MR) is 192 cm³/mol. The van der Waals surface area contributed by atoms with Crippen LogP contribution in [-0.4, -0.2) is 53.8 Å². The van der Waals surface area contributed by atoms with Crippen molar-refractivity contribution in [2.75, 3.05) is 13.1 Å². The molecule has 0 saturated carbocycles. The van der Waals surface area contributed by atoms with Crippen molar-refractivity contribution in [2.24, 2.45) is 14.1 Å². The van der Waals surface area contributed by atoms with Crippen LogP contribution in [0.1, 0.15) is 128 Å². The van der Waals surface area contributed by atoms with Gasteiger partial charge in [0.25, 0.3) is 5.56 Å². The molecule has 0 spiro atoms. The predicted octanol–water partition coefficient (Wildman–Crippen LogP) is 6.91. The van der Waals surface area contributed by atoms with E-state index >= 15 is 0 Å². The Morgan fingerprint density at radius 3 is 2.02 bits per heavy atom.